The van der Waals surface area contributed by atoms with Gasteiger partial charge in [-0.05, 0) is 36.6 Å². The Bertz CT molecular complexity index is 376. The Kier molecular flexibility index (Phi) is 5.78. The molecular formula is C14H21FN2O. The van der Waals surface area contributed by atoms with Gasteiger partial charge in [-0.3, -0.25) is 4.79 Å². The molecule has 3 N–H and O–H groups in total. The van der Waals surface area contributed by atoms with E-state index in [1.54, 1.807) is 12.1 Å². The number of carbonyl (C=O) groups excluding carboxylic acids is 1. The fraction of sp³-hybridized carbons (Fsp3) is 0.500. The first kappa shape index (κ1) is 14.6. The summed E-state index contributed by atoms with van der Waals surface area (Å²) >= 11 is 0. The maximum atomic E-state index is 12.9. The van der Waals surface area contributed by atoms with Crippen molar-refractivity contribution in [3.05, 3.63) is 35.6 Å². The molecule has 0 saturated carbocycles. The lowest BCUT2D eigenvalue weighted by Gasteiger charge is -2.17. The van der Waals surface area contributed by atoms with Gasteiger partial charge in [-0.15, -0.1) is 0 Å². The lowest BCUT2D eigenvalue weighted by Crippen LogP contribution is -2.33. The number of hydrogen-bond acceptors (Lipinski definition) is 2. The number of halogens is 1. The molecule has 0 aromatic heterocycles. The molecule has 1 atom stereocenters. The molecule has 0 aliphatic heterocycles. The van der Waals surface area contributed by atoms with E-state index in [0.29, 0.717) is 25.4 Å². The van der Waals surface area contributed by atoms with E-state index in [1.165, 1.54) is 12.1 Å². The molecule has 1 aromatic rings. The van der Waals surface area contributed by atoms with Crippen LogP contribution in [0.25, 0.3) is 0 Å². The van der Waals surface area contributed by atoms with Crippen LogP contribution in [0.15, 0.2) is 24.3 Å². The van der Waals surface area contributed by atoms with E-state index >= 15 is 0 Å². The van der Waals surface area contributed by atoms with Crippen LogP contribution in [-0.2, 0) is 4.79 Å². The fourth-order valence-corrected chi connectivity index (χ4v) is 1.74. The Balaban J connectivity index is 2.75. The number of nitrogens with two attached hydrogens (primary N) is 1. The summed E-state index contributed by atoms with van der Waals surface area (Å²) in [6, 6.07) is 6.03. The molecule has 0 radical (unpaired) electrons. The van der Waals surface area contributed by atoms with Crippen molar-refractivity contribution >= 4 is 5.91 Å². The molecule has 1 rings (SSSR count). The Hall–Kier alpha value is -1.42. The highest BCUT2D eigenvalue weighted by Crippen LogP contribution is 2.19. The van der Waals surface area contributed by atoms with Crippen molar-refractivity contribution in [3.63, 3.8) is 0 Å². The van der Waals surface area contributed by atoms with E-state index < -0.39 is 0 Å². The maximum absolute atomic E-state index is 12.9. The van der Waals surface area contributed by atoms with E-state index in [1.807, 2.05) is 13.8 Å². The summed E-state index contributed by atoms with van der Waals surface area (Å²) in [7, 11) is 0. The quantitative estimate of drug-likeness (QED) is 0.814. The summed E-state index contributed by atoms with van der Waals surface area (Å²) in [6.07, 6.45) is 0.565. The number of amides is 1. The number of benzene rings is 1. The zero-order valence-electron chi connectivity index (χ0n) is 10.9. The normalized spacial score (nSPS) is 12.5. The molecular weight excluding hydrogens is 231 g/mol. The lowest BCUT2D eigenvalue weighted by atomic mass is 9.94. The number of carbonyl (C=O) groups is 1. The molecule has 3 nitrogen and oxygen atoms in total. The van der Waals surface area contributed by atoms with Crippen molar-refractivity contribution < 1.29 is 9.18 Å². The Morgan fingerprint density at radius 2 is 1.94 bits per heavy atom. The summed E-state index contributed by atoms with van der Waals surface area (Å²) in [6.45, 7) is 5.14. The third-order valence-corrected chi connectivity index (χ3v) is 2.73. The lowest BCUT2D eigenvalue weighted by molar-refractivity contribution is -0.122. The largest absolute Gasteiger partial charge is 0.355 e. The van der Waals surface area contributed by atoms with Crippen molar-refractivity contribution in [1.82, 2.24) is 5.32 Å². The highest BCUT2D eigenvalue weighted by Gasteiger charge is 2.19. The number of rotatable bonds is 6. The smallest absolute Gasteiger partial charge is 0.227 e. The standard InChI is InChI=1S/C14H21FN2O/c1-10(2)9-17-14(18)13(7-8-16)11-3-5-12(15)6-4-11/h3-6,10,13H,7-9,16H2,1-2H3,(H,17,18). The van der Waals surface area contributed by atoms with Crippen LogP contribution in [-0.4, -0.2) is 19.0 Å². The summed E-state index contributed by atoms with van der Waals surface area (Å²) < 4.78 is 12.9. The highest BCUT2D eigenvalue weighted by atomic mass is 19.1. The van der Waals surface area contributed by atoms with E-state index in [0.717, 1.165) is 5.56 Å². The topological polar surface area (TPSA) is 55.1 Å². The molecule has 0 bridgehead atoms. The summed E-state index contributed by atoms with van der Waals surface area (Å²) in [5.41, 5.74) is 6.34. The van der Waals surface area contributed by atoms with Gasteiger partial charge in [0.2, 0.25) is 5.91 Å². The van der Waals surface area contributed by atoms with E-state index in [4.69, 9.17) is 5.73 Å². The van der Waals surface area contributed by atoms with Crippen LogP contribution in [0, 0.1) is 11.7 Å². The van der Waals surface area contributed by atoms with Gasteiger partial charge in [0.25, 0.3) is 0 Å². The van der Waals surface area contributed by atoms with Crippen molar-refractivity contribution in [2.45, 2.75) is 26.2 Å². The number of nitrogens with one attached hydrogen (secondary N) is 1. The predicted octanol–water partition coefficient (Wildman–Crippen LogP) is 2.03. The SMILES string of the molecule is CC(C)CNC(=O)C(CCN)c1ccc(F)cc1. The molecule has 18 heavy (non-hydrogen) atoms. The van der Waals surface area contributed by atoms with Gasteiger partial charge in [0.05, 0.1) is 5.92 Å². The van der Waals surface area contributed by atoms with Crippen LogP contribution in [0.5, 0.6) is 0 Å². The molecule has 0 aliphatic rings. The molecule has 0 saturated heterocycles. The predicted molar refractivity (Wildman–Crippen MR) is 70.7 cm³/mol. The first-order valence-corrected chi connectivity index (χ1v) is 6.27. The third kappa shape index (κ3) is 4.45. The van der Waals surface area contributed by atoms with Crippen LogP contribution in [0.2, 0.25) is 0 Å². The molecule has 0 fully saturated rings. The minimum absolute atomic E-state index is 0.0410. The average Bonchev–Trinajstić information content (AvgIpc) is 2.34. The zero-order valence-corrected chi connectivity index (χ0v) is 10.9. The average molecular weight is 252 g/mol. The second kappa shape index (κ2) is 7.11. The minimum atomic E-state index is -0.298. The van der Waals surface area contributed by atoms with Gasteiger partial charge in [-0.1, -0.05) is 26.0 Å². The first-order chi connectivity index (χ1) is 8.54. The van der Waals surface area contributed by atoms with Crippen LogP contribution in [0.3, 0.4) is 0 Å². The van der Waals surface area contributed by atoms with Crippen molar-refractivity contribution in [2.24, 2.45) is 11.7 Å². The third-order valence-electron chi connectivity index (χ3n) is 2.73. The fourth-order valence-electron chi connectivity index (χ4n) is 1.74. The second-order valence-electron chi connectivity index (χ2n) is 4.82. The molecule has 0 heterocycles. The van der Waals surface area contributed by atoms with Crippen LogP contribution in [0.4, 0.5) is 4.39 Å². The van der Waals surface area contributed by atoms with Gasteiger partial charge in [0.1, 0.15) is 5.82 Å². The highest BCUT2D eigenvalue weighted by molar-refractivity contribution is 5.83. The van der Waals surface area contributed by atoms with Gasteiger partial charge in [0, 0.05) is 6.54 Å². The van der Waals surface area contributed by atoms with Gasteiger partial charge < -0.3 is 11.1 Å². The van der Waals surface area contributed by atoms with Gasteiger partial charge in [-0.2, -0.15) is 0 Å². The Labute approximate surface area is 108 Å². The Morgan fingerprint density at radius 3 is 2.44 bits per heavy atom. The van der Waals surface area contributed by atoms with E-state index in [2.05, 4.69) is 5.32 Å². The van der Waals surface area contributed by atoms with Crippen molar-refractivity contribution in [2.75, 3.05) is 13.1 Å². The molecule has 0 spiro atoms. The first-order valence-electron chi connectivity index (χ1n) is 6.27. The Morgan fingerprint density at radius 1 is 1.33 bits per heavy atom. The van der Waals surface area contributed by atoms with E-state index in [-0.39, 0.29) is 17.6 Å². The van der Waals surface area contributed by atoms with Gasteiger partial charge in [-0.25, -0.2) is 4.39 Å². The molecule has 1 unspecified atom stereocenters. The van der Waals surface area contributed by atoms with Crippen molar-refractivity contribution in [3.8, 4) is 0 Å². The summed E-state index contributed by atoms with van der Waals surface area (Å²) in [4.78, 5) is 12.1. The number of hydrogen-bond donors (Lipinski definition) is 2. The second-order valence-corrected chi connectivity index (χ2v) is 4.82. The summed E-state index contributed by atoms with van der Waals surface area (Å²) in [5.74, 6) is -0.233. The zero-order chi connectivity index (χ0) is 13.5. The maximum Gasteiger partial charge on any atom is 0.227 e. The van der Waals surface area contributed by atoms with E-state index in [9.17, 15) is 9.18 Å². The van der Waals surface area contributed by atoms with Gasteiger partial charge >= 0.3 is 0 Å². The molecule has 1 amide bonds. The van der Waals surface area contributed by atoms with Crippen LogP contribution < -0.4 is 11.1 Å². The van der Waals surface area contributed by atoms with Crippen LogP contribution >= 0.6 is 0 Å². The molecule has 1 aromatic carbocycles. The molecule has 100 valence electrons. The van der Waals surface area contributed by atoms with Crippen LogP contribution in [0.1, 0.15) is 31.7 Å². The molecule has 4 heteroatoms. The summed E-state index contributed by atoms with van der Waals surface area (Å²) in [5, 5.41) is 2.89. The van der Waals surface area contributed by atoms with Gasteiger partial charge in [0.15, 0.2) is 0 Å². The monoisotopic (exact) mass is 252 g/mol. The van der Waals surface area contributed by atoms with Crippen molar-refractivity contribution in [1.29, 1.82) is 0 Å². The molecule has 0 aliphatic carbocycles. The minimum Gasteiger partial charge on any atom is -0.355 e.